The number of hydrogen-bond acceptors (Lipinski definition) is 4. The first-order valence-corrected chi connectivity index (χ1v) is 6.80. The van der Waals surface area contributed by atoms with Crippen LogP contribution in [0.3, 0.4) is 0 Å². The molecule has 1 unspecified atom stereocenters. The van der Waals surface area contributed by atoms with Crippen LogP contribution in [0.15, 0.2) is 29.2 Å². The van der Waals surface area contributed by atoms with E-state index >= 15 is 0 Å². The van der Waals surface area contributed by atoms with Gasteiger partial charge in [0.2, 0.25) is 0 Å². The van der Waals surface area contributed by atoms with Gasteiger partial charge in [-0.2, -0.15) is 0 Å². The third-order valence-corrected chi connectivity index (χ3v) is 4.82. The van der Waals surface area contributed by atoms with Gasteiger partial charge in [0, 0.05) is 0 Å². The third-order valence-electron chi connectivity index (χ3n) is 2.76. The Kier molecular flexibility index (Phi) is 3.16. The maximum absolute atomic E-state index is 12.2. The standard InChI is InChI=1S/C11H15NO3S/c1-15-9-4-2-5-10(8-9)16(13,14)11-6-3-7-12-11/h2,4-5,8,11-12H,3,6-7H2,1H3. The lowest BCUT2D eigenvalue weighted by atomic mass is 10.3. The molecule has 1 heterocycles. The van der Waals surface area contributed by atoms with Crippen LogP contribution in [0.25, 0.3) is 0 Å². The average Bonchev–Trinajstić information content (AvgIpc) is 2.83. The van der Waals surface area contributed by atoms with Gasteiger partial charge in [-0.05, 0) is 37.6 Å². The summed E-state index contributed by atoms with van der Waals surface area (Å²) in [6.07, 6.45) is 1.59. The predicted molar refractivity (Wildman–Crippen MR) is 61.2 cm³/mol. The molecular formula is C11H15NO3S. The van der Waals surface area contributed by atoms with Gasteiger partial charge in [-0.3, -0.25) is 0 Å². The minimum absolute atomic E-state index is 0.325. The lowest BCUT2D eigenvalue weighted by molar-refractivity contribution is 0.413. The summed E-state index contributed by atoms with van der Waals surface area (Å²) in [5.74, 6) is 0.569. The van der Waals surface area contributed by atoms with E-state index in [2.05, 4.69) is 5.32 Å². The van der Waals surface area contributed by atoms with Crippen LogP contribution in [0.2, 0.25) is 0 Å². The van der Waals surface area contributed by atoms with Gasteiger partial charge < -0.3 is 10.1 Å². The van der Waals surface area contributed by atoms with Gasteiger partial charge in [0.25, 0.3) is 0 Å². The molecule has 0 bridgehead atoms. The second-order valence-electron chi connectivity index (χ2n) is 3.81. The van der Waals surface area contributed by atoms with Crippen LogP contribution in [0, 0.1) is 0 Å². The zero-order valence-electron chi connectivity index (χ0n) is 9.14. The summed E-state index contributed by atoms with van der Waals surface area (Å²) >= 11 is 0. The Hall–Kier alpha value is -1.07. The van der Waals surface area contributed by atoms with E-state index in [9.17, 15) is 8.42 Å². The molecule has 0 aliphatic carbocycles. The fourth-order valence-corrected chi connectivity index (χ4v) is 3.55. The van der Waals surface area contributed by atoms with Crippen molar-refractivity contribution in [2.24, 2.45) is 0 Å². The molecule has 1 atom stereocenters. The molecule has 1 saturated heterocycles. The van der Waals surface area contributed by atoms with E-state index in [1.165, 1.54) is 7.11 Å². The Labute approximate surface area is 95.5 Å². The Bertz CT molecular complexity index is 464. The Morgan fingerprint density at radius 2 is 2.25 bits per heavy atom. The largest absolute Gasteiger partial charge is 0.497 e. The Morgan fingerprint density at radius 3 is 2.88 bits per heavy atom. The molecular weight excluding hydrogens is 226 g/mol. The molecule has 0 aromatic heterocycles. The molecule has 0 saturated carbocycles. The van der Waals surface area contributed by atoms with Crippen molar-refractivity contribution in [1.82, 2.24) is 5.32 Å². The molecule has 0 amide bonds. The highest BCUT2D eigenvalue weighted by atomic mass is 32.2. The van der Waals surface area contributed by atoms with Crippen LogP contribution >= 0.6 is 0 Å². The molecule has 1 aromatic carbocycles. The van der Waals surface area contributed by atoms with Crippen molar-refractivity contribution in [2.45, 2.75) is 23.1 Å². The van der Waals surface area contributed by atoms with Gasteiger partial charge >= 0.3 is 0 Å². The van der Waals surface area contributed by atoms with E-state index in [1.807, 2.05) is 0 Å². The maximum atomic E-state index is 12.2. The summed E-state index contributed by atoms with van der Waals surface area (Å²) in [5, 5.41) is 2.56. The van der Waals surface area contributed by atoms with Gasteiger partial charge in [0.15, 0.2) is 9.84 Å². The smallest absolute Gasteiger partial charge is 0.194 e. The molecule has 2 rings (SSSR count). The summed E-state index contributed by atoms with van der Waals surface area (Å²) < 4.78 is 29.4. The first-order chi connectivity index (χ1) is 7.64. The van der Waals surface area contributed by atoms with Crippen molar-refractivity contribution in [1.29, 1.82) is 0 Å². The zero-order chi connectivity index (χ0) is 11.6. The first kappa shape index (κ1) is 11.4. The molecule has 5 heteroatoms. The van der Waals surface area contributed by atoms with E-state index in [4.69, 9.17) is 4.74 Å². The van der Waals surface area contributed by atoms with Gasteiger partial charge in [0.1, 0.15) is 11.1 Å². The van der Waals surface area contributed by atoms with E-state index in [-0.39, 0.29) is 0 Å². The topological polar surface area (TPSA) is 55.4 Å². The van der Waals surface area contributed by atoms with Crippen molar-refractivity contribution in [2.75, 3.05) is 13.7 Å². The van der Waals surface area contributed by atoms with Crippen molar-refractivity contribution < 1.29 is 13.2 Å². The van der Waals surface area contributed by atoms with Gasteiger partial charge in [-0.15, -0.1) is 0 Å². The van der Waals surface area contributed by atoms with Gasteiger partial charge in [0.05, 0.1) is 12.0 Å². The minimum atomic E-state index is -3.26. The molecule has 1 fully saturated rings. The summed E-state index contributed by atoms with van der Waals surface area (Å²) in [7, 11) is -1.74. The van der Waals surface area contributed by atoms with Crippen molar-refractivity contribution >= 4 is 9.84 Å². The van der Waals surface area contributed by atoms with Crippen LogP contribution in [-0.2, 0) is 9.84 Å². The van der Waals surface area contributed by atoms with E-state index in [1.54, 1.807) is 24.3 Å². The van der Waals surface area contributed by atoms with E-state index < -0.39 is 15.2 Å². The number of rotatable bonds is 3. The van der Waals surface area contributed by atoms with Crippen molar-refractivity contribution in [3.8, 4) is 5.75 Å². The number of ether oxygens (including phenoxy) is 1. The summed E-state index contributed by atoms with van der Waals surface area (Å²) in [5.41, 5.74) is 0. The number of nitrogens with one attached hydrogen (secondary N) is 1. The van der Waals surface area contributed by atoms with Crippen molar-refractivity contribution in [3.05, 3.63) is 24.3 Å². The molecule has 1 aromatic rings. The van der Waals surface area contributed by atoms with Crippen LogP contribution in [0.1, 0.15) is 12.8 Å². The van der Waals surface area contributed by atoms with E-state index in [0.717, 1.165) is 13.0 Å². The number of benzene rings is 1. The average molecular weight is 241 g/mol. The maximum Gasteiger partial charge on any atom is 0.194 e. The summed E-state index contributed by atoms with van der Waals surface area (Å²) in [6, 6.07) is 6.61. The summed E-state index contributed by atoms with van der Waals surface area (Å²) in [4.78, 5) is 0.325. The third kappa shape index (κ3) is 2.05. The Balaban J connectivity index is 2.34. The molecule has 0 radical (unpaired) electrons. The fraction of sp³-hybridized carbons (Fsp3) is 0.455. The molecule has 0 spiro atoms. The first-order valence-electron chi connectivity index (χ1n) is 5.26. The fourth-order valence-electron chi connectivity index (χ4n) is 1.86. The summed E-state index contributed by atoms with van der Waals surface area (Å²) in [6.45, 7) is 0.772. The van der Waals surface area contributed by atoms with Crippen LogP contribution in [-0.4, -0.2) is 27.4 Å². The van der Waals surface area contributed by atoms with Crippen molar-refractivity contribution in [3.63, 3.8) is 0 Å². The molecule has 88 valence electrons. The Morgan fingerprint density at radius 1 is 1.44 bits per heavy atom. The second-order valence-corrected chi connectivity index (χ2v) is 5.94. The highest BCUT2D eigenvalue weighted by molar-refractivity contribution is 7.92. The molecule has 1 aliphatic heterocycles. The highest BCUT2D eigenvalue weighted by Crippen LogP contribution is 2.23. The van der Waals surface area contributed by atoms with Gasteiger partial charge in [-0.25, -0.2) is 8.42 Å². The van der Waals surface area contributed by atoms with E-state index in [0.29, 0.717) is 17.1 Å². The van der Waals surface area contributed by atoms with Crippen LogP contribution < -0.4 is 10.1 Å². The normalized spacial score (nSPS) is 20.9. The zero-order valence-corrected chi connectivity index (χ0v) is 9.96. The van der Waals surface area contributed by atoms with Gasteiger partial charge in [-0.1, -0.05) is 6.07 Å². The lowest BCUT2D eigenvalue weighted by Crippen LogP contribution is -2.30. The second kappa shape index (κ2) is 4.43. The molecule has 16 heavy (non-hydrogen) atoms. The minimum Gasteiger partial charge on any atom is -0.497 e. The molecule has 4 nitrogen and oxygen atoms in total. The highest BCUT2D eigenvalue weighted by Gasteiger charge is 2.29. The molecule has 1 N–H and O–H groups in total. The lowest BCUT2D eigenvalue weighted by Gasteiger charge is -2.12. The molecule has 1 aliphatic rings. The number of methoxy groups -OCH3 is 1. The predicted octanol–water partition coefficient (Wildman–Crippen LogP) is 1.18. The van der Waals surface area contributed by atoms with Crippen LogP contribution in [0.5, 0.6) is 5.75 Å². The monoisotopic (exact) mass is 241 g/mol. The quantitative estimate of drug-likeness (QED) is 0.863. The number of hydrogen-bond donors (Lipinski definition) is 1. The number of sulfone groups is 1. The van der Waals surface area contributed by atoms with Crippen LogP contribution in [0.4, 0.5) is 0 Å². The SMILES string of the molecule is COc1cccc(S(=O)(=O)C2CCCN2)c1.